The molecule has 0 bridgehead atoms. The molecular formula is C30H34. The molecule has 30 heavy (non-hydrogen) atoms. The average molecular weight is 395 g/mol. The summed E-state index contributed by atoms with van der Waals surface area (Å²) in [4.78, 5) is 0. The van der Waals surface area contributed by atoms with Gasteiger partial charge >= 0.3 is 0 Å². The highest BCUT2D eigenvalue weighted by atomic mass is 14.4. The molecule has 0 N–H and O–H groups in total. The lowest BCUT2D eigenvalue weighted by Gasteiger charge is -2.22. The number of fused-ring (bicyclic) bond motifs is 3. The summed E-state index contributed by atoms with van der Waals surface area (Å²) in [7, 11) is 0. The molecule has 0 heteroatoms. The second kappa shape index (κ2) is 8.48. The molecule has 0 heterocycles. The van der Waals surface area contributed by atoms with E-state index in [9.17, 15) is 0 Å². The summed E-state index contributed by atoms with van der Waals surface area (Å²) in [6.07, 6.45) is 10.2. The predicted molar refractivity (Wildman–Crippen MR) is 133 cm³/mol. The molecule has 0 atom stereocenters. The first kappa shape index (κ1) is 20.4. The molecule has 0 radical (unpaired) electrons. The topological polar surface area (TPSA) is 0 Å². The van der Waals surface area contributed by atoms with Gasteiger partial charge in [-0.1, -0.05) is 113 Å². The third-order valence-electron chi connectivity index (χ3n) is 6.34. The van der Waals surface area contributed by atoms with Gasteiger partial charge in [-0.3, -0.25) is 0 Å². The maximum absolute atomic E-state index is 2.43. The molecule has 0 saturated heterocycles. The van der Waals surface area contributed by atoms with E-state index in [2.05, 4.69) is 98.8 Å². The van der Waals surface area contributed by atoms with Crippen LogP contribution >= 0.6 is 0 Å². The predicted octanol–water partition coefficient (Wildman–Crippen LogP) is 8.59. The van der Waals surface area contributed by atoms with E-state index in [4.69, 9.17) is 0 Å². The van der Waals surface area contributed by atoms with E-state index in [0.29, 0.717) is 0 Å². The third kappa shape index (κ3) is 3.67. The van der Waals surface area contributed by atoms with Crippen LogP contribution in [-0.4, -0.2) is 0 Å². The fourth-order valence-electron chi connectivity index (χ4n) is 4.74. The third-order valence-corrected chi connectivity index (χ3v) is 6.34. The van der Waals surface area contributed by atoms with Crippen molar-refractivity contribution in [2.45, 2.75) is 52.4 Å². The lowest BCUT2D eigenvalue weighted by Crippen LogP contribution is -2.15. The summed E-state index contributed by atoms with van der Waals surface area (Å²) in [5.74, 6) is 0. The number of benzene rings is 3. The Morgan fingerprint density at radius 3 is 2.20 bits per heavy atom. The fraction of sp³-hybridized carbons (Fsp3) is 0.267. The summed E-state index contributed by atoms with van der Waals surface area (Å²) < 4.78 is 0. The summed E-state index contributed by atoms with van der Waals surface area (Å²) >= 11 is 0. The van der Waals surface area contributed by atoms with Crippen molar-refractivity contribution in [3.8, 4) is 11.1 Å². The fourth-order valence-corrected chi connectivity index (χ4v) is 4.74. The van der Waals surface area contributed by atoms with Crippen LogP contribution in [0.2, 0.25) is 0 Å². The summed E-state index contributed by atoms with van der Waals surface area (Å²) in [5, 5.41) is 0. The Kier molecular flexibility index (Phi) is 5.77. The van der Waals surface area contributed by atoms with E-state index < -0.39 is 0 Å². The second-order valence-electron chi connectivity index (χ2n) is 8.56. The van der Waals surface area contributed by atoms with Gasteiger partial charge < -0.3 is 0 Å². The zero-order chi connectivity index (χ0) is 21.1. The van der Waals surface area contributed by atoms with Crippen LogP contribution < -0.4 is 0 Å². The van der Waals surface area contributed by atoms with Crippen molar-refractivity contribution < 1.29 is 1.43 Å². The average Bonchev–Trinajstić information content (AvgIpc) is 3.03. The Morgan fingerprint density at radius 1 is 0.767 bits per heavy atom. The van der Waals surface area contributed by atoms with Gasteiger partial charge in [-0.25, -0.2) is 0 Å². The first-order valence-corrected chi connectivity index (χ1v) is 11.3. The van der Waals surface area contributed by atoms with Crippen molar-refractivity contribution in [1.29, 1.82) is 0 Å². The normalized spacial score (nSPS) is 15.5. The minimum atomic E-state index is 0. The van der Waals surface area contributed by atoms with Gasteiger partial charge in [0.2, 0.25) is 0 Å². The maximum atomic E-state index is 2.43. The number of hydrogen-bond donors (Lipinski definition) is 0. The van der Waals surface area contributed by atoms with E-state index >= 15 is 0 Å². The molecule has 3 aromatic rings. The molecule has 0 saturated carbocycles. The smallest absolute Gasteiger partial charge is 0.0158 e. The van der Waals surface area contributed by atoms with E-state index in [1.165, 1.54) is 50.9 Å². The van der Waals surface area contributed by atoms with Gasteiger partial charge in [-0.2, -0.15) is 0 Å². The van der Waals surface area contributed by atoms with Gasteiger partial charge in [0.15, 0.2) is 0 Å². The van der Waals surface area contributed by atoms with Crippen LogP contribution in [0.5, 0.6) is 0 Å². The van der Waals surface area contributed by atoms with Crippen LogP contribution in [0.3, 0.4) is 0 Å². The molecule has 0 nitrogen and oxygen atoms in total. The Balaban J connectivity index is 0.000000883. The van der Waals surface area contributed by atoms with Gasteiger partial charge in [0.25, 0.3) is 0 Å². The van der Waals surface area contributed by atoms with Gasteiger partial charge in [0, 0.05) is 6.84 Å². The van der Waals surface area contributed by atoms with Crippen molar-refractivity contribution >= 4 is 5.57 Å². The first-order valence-electron chi connectivity index (χ1n) is 11.3. The lowest BCUT2D eigenvalue weighted by molar-refractivity contribution is 0.659. The number of hydrogen-bond acceptors (Lipinski definition) is 0. The van der Waals surface area contributed by atoms with Gasteiger partial charge in [-0.15, -0.1) is 0 Å². The molecule has 2 aliphatic rings. The Labute approximate surface area is 183 Å². The molecule has 0 amide bonds. The molecule has 0 fully saturated rings. The minimum Gasteiger partial charge on any atom is -0.0836 e. The molecule has 154 valence electrons. The SMILES string of the molecule is CC.CC1(C)c2ccccc2-c2ccc(Cc3ccc(C4=CCCC=C4)cc3)cc21.[HH]. The van der Waals surface area contributed by atoms with Gasteiger partial charge in [0.05, 0.1) is 0 Å². The van der Waals surface area contributed by atoms with E-state index in [-0.39, 0.29) is 6.84 Å². The molecule has 2 aliphatic carbocycles. The van der Waals surface area contributed by atoms with Crippen molar-refractivity contribution in [2.24, 2.45) is 0 Å². The molecule has 0 aliphatic heterocycles. The molecule has 5 rings (SSSR count). The Bertz CT molecular complexity index is 1100. The highest BCUT2D eigenvalue weighted by molar-refractivity contribution is 5.81. The molecule has 0 aromatic heterocycles. The second-order valence-corrected chi connectivity index (χ2v) is 8.56. The van der Waals surface area contributed by atoms with Crippen molar-refractivity contribution in [3.63, 3.8) is 0 Å². The van der Waals surface area contributed by atoms with Crippen LogP contribution in [0.15, 0.2) is 85.0 Å². The summed E-state index contributed by atoms with van der Waals surface area (Å²) in [6, 6.07) is 25.0. The van der Waals surface area contributed by atoms with Crippen molar-refractivity contribution in [1.82, 2.24) is 0 Å². The van der Waals surface area contributed by atoms with Crippen LogP contribution in [0.4, 0.5) is 0 Å². The molecule has 0 unspecified atom stereocenters. The largest absolute Gasteiger partial charge is 0.0836 e. The standard InChI is InChI=1S/C28H26.C2H6.H2/c1-28(2)26-11-7-6-10-24(26)25-17-14-21(19-27(25)28)18-20-12-15-23(16-13-20)22-8-4-3-5-9-22;1-2;/h4,6-17,19H,3,5,18H2,1-2H3;1-2H3;1H. The van der Waals surface area contributed by atoms with Crippen LogP contribution in [0.1, 0.15) is 69.8 Å². The molecule has 0 spiro atoms. The zero-order valence-electron chi connectivity index (χ0n) is 18.7. The van der Waals surface area contributed by atoms with Crippen LogP contribution in [0, 0.1) is 0 Å². The van der Waals surface area contributed by atoms with Crippen molar-refractivity contribution in [2.75, 3.05) is 0 Å². The quantitative estimate of drug-likeness (QED) is 0.417. The summed E-state index contributed by atoms with van der Waals surface area (Å²) in [6.45, 7) is 8.70. The molecule has 3 aromatic carbocycles. The summed E-state index contributed by atoms with van der Waals surface area (Å²) in [5.41, 5.74) is 11.2. The van der Waals surface area contributed by atoms with E-state index in [0.717, 1.165) is 12.8 Å². The van der Waals surface area contributed by atoms with Crippen molar-refractivity contribution in [3.05, 3.63) is 113 Å². The number of rotatable bonds is 3. The van der Waals surface area contributed by atoms with Gasteiger partial charge in [0.1, 0.15) is 0 Å². The Hall–Kier alpha value is -2.86. The zero-order valence-corrected chi connectivity index (χ0v) is 18.7. The number of allylic oxidation sites excluding steroid dienone is 4. The minimum absolute atomic E-state index is 0. The Morgan fingerprint density at radius 2 is 1.47 bits per heavy atom. The first-order chi connectivity index (χ1) is 14.6. The van der Waals surface area contributed by atoms with Gasteiger partial charge in [-0.05, 0) is 63.8 Å². The highest BCUT2D eigenvalue weighted by Gasteiger charge is 2.34. The van der Waals surface area contributed by atoms with E-state index in [1.54, 1.807) is 0 Å². The molecular weight excluding hydrogens is 360 g/mol. The maximum Gasteiger partial charge on any atom is 0.0158 e. The lowest BCUT2D eigenvalue weighted by atomic mass is 9.81. The van der Waals surface area contributed by atoms with Crippen LogP contribution in [0.25, 0.3) is 16.7 Å². The van der Waals surface area contributed by atoms with E-state index in [1.807, 2.05) is 13.8 Å². The van der Waals surface area contributed by atoms with Crippen LogP contribution in [-0.2, 0) is 11.8 Å². The monoisotopic (exact) mass is 394 g/mol. The highest BCUT2D eigenvalue weighted by Crippen LogP contribution is 2.48.